The predicted molar refractivity (Wildman–Crippen MR) is 112 cm³/mol. The zero-order valence-corrected chi connectivity index (χ0v) is 16.3. The van der Waals surface area contributed by atoms with Crippen LogP contribution in [0.1, 0.15) is 20.7 Å². The maximum Gasteiger partial charge on any atom is 0.336 e. The van der Waals surface area contributed by atoms with E-state index in [2.05, 4.69) is 0 Å². The third kappa shape index (κ3) is 3.03. The van der Waals surface area contributed by atoms with Crippen molar-refractivity contribution in [2.45, 2.75) is 0 Å². The van der Waals surface area contributed by atoms with Crippen molar-refractivity contribution >= 4 is 43.3 Å². The Morgan fingerprint density at radius 1 is 0.929 bits per heavy atom. The summed E-state index contributed by atoms with van der Waals surface area (Å²) in [4.78, 5) is 35.5. The third-order valence-corrected chi connectivity index (χ3v) is 5.05. The minimum Gasteiger partial charge on any atom is -0.508 e. The predicted octanol–water partition coefficient (Wildman–Crippen LogP) is 4.54. The number of benzene rings is 3. The number of carbonyl (C=O) groups excluding carboxylic acids is 1. The number of aromatic carboxylic acids is 1. The number of halogens is 1. The molecule has 0 spiro atoms. The first-order valence-corrected chi connectivity index (χ1v) is 9.20. The summed E-state index contributed by atoms with van der Waals surface area (Å²) in [5.74, 6) is -0.929. The molecule has 6 nitrogen and oxygen atoms in total. The number of fused-ring (bicyclic) bond motifs is 2. The highest BCUT2D eigenvalue weighted by Gasteiger charge is 2.22. The summed E-state index contributed by atoms with van der Waals surface area (Å²) in [5, 5.41) is 20.1. The van der Waals surface area contributed by atoms with E-state index in [-0.39, 0.29) is 31.9 Å². The molecule has 1 aliphatic heterocycles. The van der Waals surface area contributed by atoms with E-state index < -0.39 is 5.97 Å². The molecule has 2 aromatic carbocycles. The summed E-state index contributed by atoms with van der Waals surface area (Å²) in [5.41, 5.74) is 1.74. The lowest BCUT2D eigenvalue weighted by atomic mass is 9.90. The van der Waals surface area contributed by atoms with E-state index >= 15 is 0 Å². The Hall–Kier alpha value is -3.20. The molecule has 7 heteroatoms. The van der Waals surface area contributed by atoms with Gasteiger partial charge >= 0.3 is 5.97 Å². The molecule has 2 N–H and O–H groups in total. The van der Waals surface area contributed by atoms with E-state index in [1.165, 1.54) is 42.5 Å². The molecule has 0 saturated carbocycles. The van der Waals surface area contributed by atoms with Gasteiger partial charge in [-0.1, -0.05) is 0 Å². The Bertz CT molecular complexity index is 1300. The Labute approximate surface area is 171 Å². The van der Waals surface area contributed by atoms with Crippen molar-refractivity contribution in [1.29, 1.82) is 0 Å². The van der Waals surface area contributed by atoms with Crippen LogP contribution in [0, 0.1) is 0 Å². The van der Waals surface area contributed by atoms with Crippen molar-refractivity contribution in [2.75, 3.05) is 0 Å². The molecule has 2 aliphatic rings. The highest BCUT2D eigenvalue weighted by Crippen LogP contribution is 2.42. The van der Waals surface area contributed by atoms with Gasteiger partial charge in [0.2, 0.25) is 3.79 Å². The zero-order valence-electron chi connectivity index (χ0n) is 14.1. The Morgan fingerprint density at radius 2 is 1.71 bits per heavy atom. The fourth-order valence-corrected chi connectivity index (χ4v) is 3.54. The quantitative estimate of drug-likeness (QED) is 0.250. The van der Waals surface area contributed by atoms with Gasteiger partial charge in [0.1, 0.15) is 17.1 Å². The third-order valence-electron chi connectivity index (χ3n) is 4.42. The number of hydrogen-bond donors (Lipinski definition) is 2. The highest BCUT2D eigenvalue weighted by atomic mass is 127. The number of phenols is 1. The van der Waals surface area contributed by atoms with Gasteiger partial charge in [-0.3, -0.25) is 9.59 Å². The van der Waals surface area contributed by atoms with Gasteiger partial charge in [0, 0.05) is 56.8 Å². The van der Waals surface area contributed by atoms with E-state index in [9.17, 15) is 24.6 Å². The number of phenolic OH excluding ortho intramolecular Hbond substituents is 1. The van der Waals surface area contributed by atoms with Crippen LogP contribution in [0.4, 0.5) is 0 Å². The second-order valence-electron chi connectivity index (χ2n) is 6.15. The Kier molecular flexibility index (Phi) is 4.38. The van der Waals surface area contributed by atoms with Crippen molar-refractivity contribution in [3.05, 3.63) is 75.9 Å². The molecule has 0 amide bonds. The maximum atomic E-state index is 11.9. The number of carbonyl (C=O) groups is 2. The molecule has 1 heterocycles. The fourth-order valence-electron chi connectivity index (χ4n) is 3.21. The summed E-state index contributed by atoms with van der Waals surface area (Å²) in [6.45, 7) is 0. The molecule has 0 saturated heterocycles. The molecule has 28 heavy (non-hydrogen) atoms. The minimum atomic E-state index is -1.15. The van der Waals surface area contributed by atoms with Crippen LogP contribution in [0.2, 0.25) is 0 Å². The average molecular weight is 486 g/mol. The van der Waals surface area contributed by atoms with Gasteiger partial charge in [0.15, 0.2) is 5.43 Å². The second kappa shape index (κ2) is 6.75. The molecule has 0 aromatic heterocycles. The molecule has 0 bridgehead atoms. The first kappa shape index (κ1) is 18.2. The molecule has 2 aromatic rings. The molecule has 0 atom stereocenters. The van der Waals surface area contributed by atoms with Crippen LogP contribution in [-0.4, -0.2) is 20.0 Å². The van der Waals surface area contributed by atoms with E-state index in [0.29, 0.717) is 27.6 Å². The van der Waals surface area contributed by atoms with Crippen LogP contribution in [0.5, 0.6) is 5.75 Å². The summed E-state index contributed by atoms with van der Waals surface area (Å²) < 4.78 is 5.54. The molecule has 1 aliphatic carbocycles. The molecule has 138 valence electrons. The molecular weight excluding hydrogens is 475 g/mol. The first-order valence-electron chi connectivity index (χ1n) is 8.12. The highest BCUT2D eigenvalue weighted by molar-refractivity contribution is 14.1. The van der Waals surface area contributed by atoms with Gasteiger partial charge in [0.25, 0.3) is 0 Å². The van der Waals surface area contributed by atoms with Gasteiger partial charge in [-0.05, 0) is 48.0 Å². The van der Waals surface area contributed by atoms with Gasteiger partial charge in [-0.2, -0.15) is 0 Å². The standard InChI is InChI=1S/C21H11IO6/c22-20(25)10-1-4-13(21(26)27)16(7-10)19-14-5-2-11(23)8-17(14)28-18-9-12(24)3-6-15(18)19/h1-9,23H,(H,26,27). The van der Waals surface area contributed by atoms with Gasteiger partial charge < -0.3 is 14.6 Å². The van der Waals surface area contributed by atoms with Gasteiger partial charge in [-0.25, -0.2) is 4.79 Å². The fraction of sp³-hybridized carbons (Fsp3) is 0. The number of carboxylic acid groups (broad SMARTS) is 1. The lowest BCUT2D eigenvalue weighted by Crippen LogP contribution is -2.04. The second-order valence-corrected chi connectivity index (χ2v) is 7.13. The minimum absolute atomic E-state index is 0.00877. The Morgan fingerprint density at radius 3 is 2.43 bits per heavy atom. The molecule has 0 radical (unpaired) electrons. The maximum absolute atomic E-state index is 11.9. The smallest absolute Gasteiger partial charge is 0.336 e. The van der Waals surface area contributed by atoms with Crippen molar-refractivity contribution < 1.29 is 24.2 Å². The van der Waals surface area contributed by atoms with Crippen molar-refractivity contribution in [3.63, 3.8) is 0 Å². The van der Waals surface area contributed by atoms with E-state index in [4.69, 9.17) is 4.42 Å². The van der Waals surface area contributed by atoms with Crippen LogP contribution < -0.4 is 5.43 Å². The largest absolute Gasteiger partial charge is 0.508 e. The summed E-state index contributed by atoms with van der Waals surface area (Å²) in [7, 11) is 0. The number of aromatic hydroxyl groups is 1. The van der Waals surface area contributed by atoms with Crippen LogP contribution in [0.25, 0.3) is 33.4 Å². The first-order chi connectivity index (χ1) is 13.3. The van der Waals surface area contributed by atoms with E-state index in [1.807, 2.05) is 0 Å². The molecular formula is C21H11IO6. The van der Waals surface area contributed by atoms with E-state index in [1.54, 1.807) is 34.7 Å². The summed E-state index contributed by atoms with van der Waals surface area (Å²) in [6.07, 6.45) is 0. The average Bonchev–Trinajstić information content (AvgIpc) is 2.65. The lowest BCUT2D eigenvalue weighted by molar-refractivity contribution is 0.0697. The monoisotopic (exact) mass is 486 g/mol. The van der Waals surface area contributed by atoms with E-state index in [0.717, 1.165) is 0 Å². The van der Waals surface area contributed by atoms with Crippen LogP contribution in [0.15, 0.2) is 63.8 Å². The van der Waals surface area contributed by atoms with Crippen molar-refractivity contribution in [1.82, 2.24) is 0 Å². The number of carboxylic acids is 1. The van der Waals surface area contributed by atoms with Crippen LogP contribution in [0.3, 0.4) is 0 Å². The van der Waals surface area contributed by atoms with Crippen molar-refractivity contribution in [3.8, 4) is 28.2 Å². The molecule has 0 fully saturated rings. The van der Waals surface area contributed by atoms with Crippen LogP contribution >= 0.6 is 22.6 Å². The Balaban J connectivity index is 2.22. The topological polar surface area (TPSA) is 105 Å². The van der Waals surface area contributed by atoms with Gasteiger partial charge in [0.05, 0.1) is 5.56 Å². The molecule has 0 unspecified atom stereocenters. The van der Waals surface area contributed by atoms with Crippen LogP contribution in [-0.2, 0) is 0 Å². The summed E-state index contributed by atoms with van der Waals surface area (Å²) >= 11 is 1.64. The number of rotatable bonds is 3. The lowest BCUT2D eigenvalue weighted by Gasteiger charge is -2.17. The zero-order chi connectivity index (χ0) is 20.0. The summed E-state index contributed by atoms with van der Waals surface area (Å²) in [6, 6.07) is 13.0. The number of hydrogen-bond acceptors (Lipinski definition) is 5. The molecule has 4 rings (SSSR count). The normalized spacial score (nSPS) is 11.0. The SMILES string of the molecule is O=C(I)c1ccc(C(=O)O)c(-c2c3ccc(=O)cc-3oc3cc(O)ccc23)c1. The van der Waals surface area contributed by atoms with Gasteiger partial charge in [-0.15, -0.1) is 0 Å². The van der Waals surface area contributed by atoms with Crippen molar-refractivity contribution in [2.24, 2.45) is 0 Å².